The first-order chi connectivity index (χ1) is 13.7. The molecule has 0 aromatic carbocycles. The molecule has 8 atom stereocenters. The lowest BCUT2D eigenvalue weighted by molar-refractivity contribution is -0.119. The topological polar surface area (TPSA) is 37.3 Å². The van der Waals surface area contributed by atoms with E-state index in [0.717, 1.165) is 42.1 Å². The van der Waals surface area contributed by atoms with Crippen LogP contribution in [0.15, 0.2) is 11.6 Å². The number of carbonyl (C=O) groups excluding carboxylic acids is 1. The highest BCUT2D eigenvalue weighted by Crippen LogP contribution is 2.67. The molecule has 4 rings (SSSR count). The quantitative estimate of drug-likeness (QED) is 0.567. The Kier molecular flexibility index (Phi) is 5.82. The summed E-state index contributed by atoms with van der Waals surface area (Å²) in [7, 11) is 0. The SMILES string of the molecule is CC(C)CCC[C@H](C)[C@H]1CC[C@H]2[C@@H]3C[C@H](O)C4=CC(=O)CC[C@]4(C)[C@H]3CC[C@]12C. The van der Waals surface area contributed by atoms with E-state index in [1.54, 1.807) is 0 Å². The van der Waals surface area contributed by atoms with Crippen molar-refractivity contribution in [3.05, 3.63) is 11.6 Å². The fraction of sp³-hybridized carbons (Fsp3) is 0.889. The second-order valence-corrected chi connectivity index (χ2v) is 12.1. The van der Waals surface area contributed by atoms with Gasteiger partial charge in [0, 0.05) is 6.42 Å². The van der Waals surface area contributed by atoms with E-state index in [1.807, 2.05) is 6.08 Å². The third-order valence-corrected chi connectivity index (χ3v) is 10.2. The summed E-state index contributed by atoms with van der Waals surface area (Å²) in [6.07, 6.45) is 13.5. The molecule has 0 spiro atoms. The number of rotatable bonds is 5. The van der Waals surface area contributed by atoms with Crippen LogP contribution in [-0.2, 0) is 4.79 Å². The van der Waals surface area contributed by atoms with E-state index in [-0.39, 0.29) is 11.2 Å². The van der Waals surface area contributed by atoms with Crippen LogP contribution in [0.5, 0.6) is 0 Å². The van der Waals surface area contributed by atoms with Crippen LogP contribution in [0.3, 0.4) is 0 Å². The summed E-state index contributed by atoms with van der Waals surface area (Å²) in [4.78, 5) is 12.1. The van der Waals surface area contributed by atoms with Gasteiger partial charge in [0.05, 0.1) is 6.10 Å². The van der Waals surface area contributed by atoms with Gasteiger partial charge < -0.3 is 5.11 Å². The Hall–Kier alpha value is -0.630. The highest BCUT2D eigenvalue weighted by molar-refractivity contribution is 5.91. The second kappa shape index (κ2) is 7.81. The summed E-state index contributed by atoms with van der Waals surface area (Å²) < 4.78 is 0. The molecule has 2 nitrogen and oxygen atoms in total. The first-order valence-electron chi connectivity index (χ1n) is 12.6. The average molecular weight is 401 g/mol. The molecule has 0 amide bonds. The molecule has 0 saturated heterocycles. The molecule has 4 aliphatic carbocycles. The maximum Gasteiger partial charge on any atom is 0.155 e. The Morgan fingerprint density at radius 2 is 1.83 bits per heavy atom. The minimum atomic E-state index is -0.393. The van der Waals surface area contributed by atoms with Crippen molar-refractivity contribution in [1.29, 1.82) is 0 Å². The van der Waals surface area contributed by atoms with Crippen LogP contribution in [0.25, 0.3) is 0 Å². The normalized spacial score (nSPS) is 45.4. The summed E-state index contributed by atoms with van der Waals surface area (Å²) in [6, 6.07) is 0. The molecule has 0 bridgehead atoms. The van der Waals surface area contributed by atoms with E-state index in [9.17, 15) is 9.90 Å². The van der Waals surface area contributed by atoms with Crippen molar-refractivity contribution in [1.82, 2.24) is 0 Å². The van der Waals surface area contributed by atoms with Gasteiger partial charge in [0.15, 0.2) is 5.78 Å². The van der Waals surface area contributed by atoms with E-state index in [1.165, 1.54) is 44.9 Å². The molecule has 0 heterocycles. The zero-order valence-corrected chi connectivity index (χ0v) is 19.5. The highest BCUT2D eigenvalue weighted by atomic mass is 16.3. The molecule has 0 aromatic heterocycles. The van der Waals surface area contributed by atoms with Crippen LogP contribution in [0.1, 0.15) is 98.8 Å². The molecule has 0 radical (unpaired) electrons. The van der Waals surface area contributed by atoms with Crippen LogP contribution in [0.4, 0.5) is 0 Å². The van der Waals surface area contributed by atoms with Crippen LogP contribution >= 0.6 is 0 Å². The lowest BCUT2D eigenvalue weighted by Crippen LogP contribution is -2.54. The molecule has 2 heteroatoms. The van der Waals surface area contributed by atoms with Gasteiger partial charge in [0.1, 0.15) is 0 Å². The Balaban J connectivity index is 1.53. The number of ketones is 1. The summed E-state index contributed by atoms with van der Waals surface area (Å²) in [6.45, 7) is 12.2. The van der Waals surface area contributed by atoms with Crippen molar-refractivity contribution in [3.63, 3.8) is 0 Å². The van der Waals surface area contributed by atoms with Crippen molar-refractivity contribution in [2.24, 2.45) is 46.3 Å². The molecule has 1 N–H and O–H groups in total. The van der Waals surface area contributed by atoms with E-state index < -0.39 is 6.10 Å². The smallest absolute Gasteiger partial charge is 0.155 e. The largest absolute Gasteiger partial charge is 0.389 e. The predicted octanol–water partition coefficient (Wildman–Crippen LogP) is 6.57. The second-order valence-electron chi connectivity index (χ2n) is 12.1. The standard InChI is InChI=1S/C27H44O2/c1-17(2)7-6-8-18(3)21-9-10-22-20-16-25(29)24-15-19(28)11-13-27(24,5)23(20)12-14-26(21,22)4/h15,17-18,20-23,25,29H,6-14,16H2,1-5H3/t18-,20-,21+,22-,23-,25-,26+,27+/m0/s1. The van der Waals surface area contributed by atoms with Crippen LogP contribution < -0.4 is 0 Å². The molecule has 0 aromatic rings. The molecule has 164 valence electrons. The van der Waals surface area contributed by atoms with Crippen molar-refractivity contribution in [3.8, 4) is 0 Å². The average Bonchev–Trinajstić information content (AvgIpc) is 3.00. The number of aliphatic hydroxyl groups excluding tert-OH is 1. The number of carbonyl (C=O) groups is 1. The van der Waals surface area contributed by atoms with E-state index in [0.29, 0.717) is 23.7 Å². The molecule has 0 aliphatic heterocycles. The number of hydrogen-bond acceptors (Lipinski definition) is 2. The van der Waals surface area contributed by atoms with Gasteiger partial charge in [0.2, 0.25) is 0 Å². The molecular weight excluding hydrogens is 356 g/mol. The minimum absolute atomic E-state index is 0.0541. The van der Waals surface area contributed by atoms with E-state index >= 15 is 0 Å². The van der Waals surface area contributed by atoms with Crippen LogP contribution in [0.2, 0.25) is 0 Å². The number of aliphatic hydroxyl groups is 1. The molecule has 3 saturated carbocycles. The lowest BCUT2D eigenvalue weighted by atomic mass is 9.46. The van der Waals surface area contributed by atoms with Crippen molar-refractivity contribution < 1.29 is 9.90 Å². The van der Waals surface area contributed by atoms with Gasteiger partial charge in [0.25, 0.3) is 0 Å². The third-order valence-electron chi connectivity index (χ3n) is 10.2. The zero-order chi connectivity index (χ0) is 21.0. The first-order valence-corrected chi connectivity index (χ1v) is 12.6. The fourth-order valence-electron chi connectivity index (χ4n) is 8.63. The maximum atomic E-state index is 12.1. The fourth-order valence-corrected chi connectivity index (χ4v) is 8.63. The molecule has 29 heavy (non-hydrogen) atoms. The summed E-state index contributed by atoms with van der Waals surface area (Å²) in [5.74, 6) is 4.81. The summed E-state index contributed by atoms with van der Waals surface area (Å²) >= 11 is 0. The molecule has 3 fully saturated rings. The van der Waals surface area contributed by atoms with Crippen molar-refractivity contribution in [2.45, 2.75) is 105 Å². The van der Waals surface area contributed by atoms with E-state index in [4.69, 9.17) is 0 Å². The van der Waals surface area contributed by atoms with E-state index in [2.05, 4.69) is 34.6 Å². The third kappa shape index (κ3) is 3.56. The molecule has 0 unspecified atom stereocenters. The molecule has 4 aliphatic rings. The van der Waals surface area contributed by atoms with Gasteiger partial charge in [-0.3, -0.25) is 4.79 Å². The maximum absolute atomic E-state index is 12.1. The highest BCUT2D eigenvalue weighted by Gasteiger charge is 2.60. The van der Waals surface area contributed by atoms with Gasteiger partial charge in [-0.15, -0.1) is 0 Å². The van der Waals surface area contributed by atoms with Gasteiger partial charge in [-0.1, -0.05) is 53.9 Å². The number of fused-ring (bicyclic) bond motifs is 5. The van der Waals surface area contributed by atoms with Crippen molar-refractivity contribution >= 4 is 5.78 Å². The Labute approximate surface area is 178 Å². The van der Waals surface area contributed by atoms with Crippen LogP contribution in [-0.4, -0.2) is 17.0 Å². The summed E-state index contributed by atoms with van der Waals surface area (Å²) in [5, 5.41) is 11.1. The monoisotopic (exact) mass is 400 g/mol. The Morgan fingerprint density at radius 1 is 1.07 bits per heavy atom. The Bertz CT molecular complexity index is 663. The summed E-state index contributed by atoms with van der Waals surface area (Å²) in [5.41, 5.74) is 1.59. The Morgan fingerprint density at radius 3 is 2.55 bits per heavy atom. The number of hydrogen-bond donors (Lipinski definition) is 1. The molecular formula is C27H44O2. The van der Waals surface area contributed by atoms with Crippen molar-refractivity contribution in [2.75, 3.05) is 0 Å². The van der Waals surface area contributed by atoms with Gasteiger partial charge in [-0.2, -0.15) is 0 Å². The van der Waals surface area contributed by atoms with Gasteiger partial charge >= 0.3 is 0 Å². The lowest BCUT2D eigenvalue weighted by Gasteiger charge is -2.59. The van der Waals surface area contributed by atoms with Crippen LogP contribution in [0, 0.1) is 46.3 Å². The van der Waals surface area contributed by atoms with Gasteiger partial charge in [-0.05, 0) is 96.5 Å². The van der Waals surface area contributed by atoms with Gasteiger partial charge in [-0.25, -0.2) is 0 Å². The predicted molar refractivity (Wildman–Crippen MR) is 119 cm³/mol. The first kappa shape index (κ1) is 21.6. The minimum Gasteiger partial charge on any atom is -0.389 e. The zero-order valence-electron chi connectivity index (χ0n) is 19.5.